The SMILES string of the molecule is CCCc1n[nH]c(=S)n1CC(=O)NCC(CC(C)C)N1CCOCC1. The first kappa shape index (κ1) is 20.1. The van der Waals surface area contributed by atoms with Crippen LogP contribution in [0.1, 0.15) is 39.4 Å². The van der Waals surface area contributed by atoms with Crippen LogP contribution in [0.25, 0.3) is 0 Å². The van der Waals surface area contributed by atoms with Gasteiger partial charge in [0.25, 0.3) is 0 Å². The van der Waals surface area contributed by atoms with Gasteiger partial charge < -0.3 is 10.1 Å². The van der Waals surface area contributed by atoms with Crippen LogP contribution in [0.3, 0.4) is 0 Å². The Kier molecular flexibility index (Phi) is 8.05. The van der Waals surface area contributed by atoms with Crippen LogP contribution in [0.15, 0.2) is 0 Å². The maximum atomic E-state index is 12.4. The number of rotatable bonds is 9. The average Bonchev–Trinajstić information content (AvgIpc) is 2.93. The highest BCUT2D eigenvalue weighted by Gasteiger charge is 2.22. The molecule has 1 aliphatic heterocycles. The first-order valence-corrected chi connectivity index (χ1v) is 9.64. The van der Waals surface area contributed by atoms with Gasteiger partial charge in [-0.15, -0.1) is 0 Å². The number of hydrogen-bond donors (Lipinski definition) is 2. The van der Waals surface area contributed by atoms with Crippen molar-refractivity contribution in [2.45, 2.75) is 52.6 Å². The van der Waals surface area contributed by atoms with Gasteiger partial charge in [-0.1, -0.05) is 20.8 Å². The van der Waals surface area contributed by atoms with Crippen molar-refractivity contribution in [1.29, 1.82) is 0 Å². The van der Waals surface area contributed by atoms with E-state index in [1.54, 1.807) is 4.57 Å². The highest BCUT2D eigenvalue weighted by atomic mass is 32.1. The maximum Gasteiger partial charge on any atom is 0.240 e. The van der Waals surface area contributed by atoms with E-state index in [2.05, 4.69) is 41.2 Å². The van der Waals surface area contributed by atoms with E-state index in [4.69, 9.17) is 17.0 Å². The van der Waals surface area contributed by atoms with Crippen LogP contribution in [-0.2, 0) is 22.5 Å². The summed E-state index contributed by atoms with van der Waals surface area (Å²) in [6, 6.07) is 0.347. The Morgan fingerprint density at radius 3 is 2.76 bits per heavy atom. The van der Waals surface area contributed by atoms with Crippen LogP contribution >= 0.6 is 12.2 Å². The van der Waals surface area contributed by atoms with Crippen LogP contribution in [0.4, 0.5) is 0 Å². The Labute approximate surface area is 155 Å². The Morgan fingerprint density at radius 2 is 2.12 bits per heavy atom. The Hall–Kier alpha value is -1.25. The number of nitrogens with zero attached hydrogens (tertiary/aromatic N) is 3. The summed E-state index contributed by atoms with van der Waals surface area (Å²) in [5.41, 5.74) is 0. The van der Waals surface area contributed by atoms with E-state index in [9.17, 15) is 4.79 Å². The number of nitrogens with one attached hydrogen (secondary N) is 2. The van der Waals surface area contributed by atoms with E-state index in [1.807, 2.05) is 0 Å². The molecule has 8 heteroatoms. The molecule has 1 aromatic rings. The van der Waals surface area contributed by atoms with Crippen molar-refractivity contribution in [2.75, 3.05) is 32.8 Å². The van der Waals surface area contributed by atoms with Gasteiger partial charge in [-0.25, -0.2) is 0 Å². The topological polar surface area (TPSA) is 75.2 Å². The Morgan fingerprint density at radius 1 is 1.40 bits per heavy atom. The summed E-state index contributed by atoms with van der Waals surface area (Å²) in [5.74, 6) is 1.41. The molecule has 142 valence electrons. The Balaban J connectivity index is 1.91. The minimum absolute atomic E-state index is 0.0168. The van der Waals surface area contributed by atoms with Gasteiger partial charge in [-0.05, 0) is 31.0 Å². The summed E-state index contributed by atoms with van der Waals surface area (Å²) in [7, 11) is 0. The average molecular weight is 370 g/mol. The molecule has 0 aromatic carbocycles. The lowest BCUT2D eigenvalue weighted by Crippen LogP contribution is -2.49. The van der Waals surface area contributed by atoms with E-state index >= 15 is 0 Å². The van der Waals surface area contributed by atoms with Crippen LogP contribution in [-0.4, -0.2) is 64.5 Å². The molecule has 1 aliphatic rings. The fraction of sp³-hybridized carbons (Fsp3) is 0.824. The molecular formula is C17H31N5O2S. The molecule has 0 radical (unpaired) electrons. The summed E-state index contributed by atoms with van der Waals surface area (Å²) >= 11 is 5.24. The summed E-state index contributed by atoms with van der Waals surface area (Å²) in [6.45, 7) is 10.8. The molecular weight excluding hydrogens is 338 g/mol. The van der Waals surface area contributed by atoms with Gasteiger partial charge >= 0.3 is 0 Å². The lowest BCUT2D eigenvalue weighted by atomic mass is 10.0. The summed E-state index contributed by atoms with van der Waals surface area (Å²) in [5, 5.41) is 10.1. The predicted molar refractivity (Wildman–Crippen MR) is 100 cm³/mol. The lowest BCUT2D eigenvalue weighted by molar-refractivity contribution is -0.122. The number of hydrogen-bond acceptors (Lipinski definition) is 5. The maximum absolute atomic E-state index is 12.4. The second-order valence-electron chi connectivity index (χ2n) is 7.02. The van der Waals surface area contributed by atoms with Gasteiger partial charge in [0.2, 0.25) is 5.91 Å². The van der Waals surface area contributed by atoms with Crippen molar-refractivity contribution in [3.8, 4) is 0 Å². The molecule has 7 nitrogen and oxygen atoms in total. The molecule has 1 unspecified atom stereocenters. The third kappa shape index (κ3) is 6.20. The third-order valence-corrected chi connectivity index (χ3v) is 4.76. The number of aryl methyl sites for hydroxylation is 1. The molecule has 1 fully saturated rings. The number of carbonyl (C=O) groups is 1. The zero-order valence-electron chi connectivity index (χ0n) is 15.6. The molecule has 0 saturated carbocycles. The lowest BCUT2D eigenvalue weighted by Gasteiger charge is -2.35. The molecule has 1 amide bonds. The zero-order chi connectivity index (χ0) is 18.2. The number of carbonyl (C=O) groups excluding carboxylic acids is 1. The van der Waals surface area contributed by atoms with Crippen molar-refractivity contribution in [3.63, 3.8) is 0 Å². The molecule has 0 aliphatic carbocycles. The molecule has 2 rings (SSSR count). The van der Waals surface area contributed by atoms with E-state index in [0.29, 0.717) is 23.3 Å². The standard InChI is InChI=1S/C17H31N5O2S/c1-4-5-15-19-20-17(25)22(15)12-16(23)18-11-14(10-13(2)3)21-6-8-24-9-7-21/h13-14H,4-12H2,1-3H3,(H,18,23)(H,20,25). The number of amides is 1. The second kappa shape index (κ2) is 10.0. The van der Waals surface area contributed by atoms with Crippen molar-refractivity contribution >= 4 is 18.1 Å². The van der Waals surface area contributed by atoms with Crippen LogP contribution in [0.2, 0.25) is 0 Å². The van der Waals surface area contributed by atoms with Gasteiger partial charge in [0.1, 0.15) is 12.4 Å². The van der Waals surface area contributed by atoms with Gasteiger partial charge in [0.15, 0.2) is 4.77 Å². The molecule has 0 bridgehead atoms. The first-order chi connectivity index (χ1) is 12.0. The number of aromatic amines is 1. The number of morpholine rings is 1. The van der Waals surface area contributed by atoms with Gasteiger partial charge in [-0.3, -0.25) is 19.4 Å². The minimum Gasteiger partial charge on any atom is -0.379 e. The van der Waals surface area contributed by atoms with Crippen molar-refractivity contribution in [2.24, 2.45) is 5.92 Å². The minimum atomic E-state index is -0.0168. The number of ether oxygens (including phenoxy) is 1. The smallest absolute Gasteiger partial charge is 0.240 e. The fourth-order valence-electron chi connectivity index (χ4n) is 3.21. The van der Waals surface area contributed by atoms with E-state index in [-0.39, 0.29) is 12.5 Å². The summed E-state index contributed by atoms with van der Waals surface area (Å²) in [4.78, 5) is 14.9. The summed E-state index contributed by atoms with van der Waals surface area (Å²) < 4.78 is 7.74. The quantitative estimate of drug-likeness (QED) is 0.649. The van der Waals surface area contributed by atoms with Crippen molar-refractivity contribution < 1.29 is 9.53 Å². The highest BCUT2D eigenvalue weighted by Crippen LogP contribution is 2.13. The molecule has 0 spiro atoms. The molecule has 1 atom stereocenters. The zero-order valence-corrected chi connectivity index (χ0v) is 16.4. The van der Waals surface area contributed by atoms with Gasteiger partial charge in [0.05, 0.1) is 13.2 Å². The number of aromatic nitrogens is 3. The Bertz CT molecular complexity index is 592. The van der Waals surface area contributed by atoms with E-state index < -0.39 is 0 Å². The predicted octanol–water partition coefficient (Wildman–Crippen LogP) is 1.76. The van der Waals surface area contributed by atoms with Crippen LogP contribution < -0.4 is 5.32 Å². The van der Waals surface area contributed by atoms with Crippen LogP contribution in [0, 0.1) is 10.7 Å². The van der Waals surface area contributed by atoms with E-state index in [1.165, 1.54) is 0 Å². The van der Waals surface area contributed by atoms with Crippen LogP contribution in [0.5, 0.6) is 0 Å². The molecule has 25 heavy (non-hydrogen) atoms. The van der Waals surface area contributed by atoms with Gasteiger partial charge in [-0.2, -0.15) is 5.10 Å². The van der Waals surface area contributed by atoms with Crippen molar-refractivity contribution in [1.82, 2.24) is 25.0 Å². The monoisotopic (exact) mass is 369 g/mol. The molecule has 1 aromatic heterocycles. The van der Waals surface area contributed by atoms with Gasteiger partial charge in [0, 0.05) is 32.1 Å². The van der Waals surface area contributed by atoms with E-state index in [0.717, 1.165) is 51.4 Å². The number of H-pyrrole nitrogens is 1. The third-order valence-electron chi connectivity index (χ3n) is 4.45. The first-order valence-electron chi connectivity index (χ1n) is 9.23. The molecule has 1 saturated heterocycles. The second-order valence-corrected chi connectivity index (χ2v) is 7.40. The summed E-state index contributed by atoms with van der Waals surface area (Å²) in [6.07, 6.45) is 2.84. The fourth-order valence-corrected chi connectivity index (χ4v) is 3.42. The largest absolute Gasteiger partial charge is 0.379 e. The molecule has 2 heterocycles. The normalized spacial score (nSPS) is 17.0. The molecule has 2 N–H and O–H groups in total. The highest BCUT2D eigenvalue weighted by molar-refractivity contribution is 7.71. The van der Waals surface area contributed by atoms with Crippen molar-refractivity contribution in [3.05, 3.63) is 10.6 Å².